The lowest BCUT2D eigenvalue weighted by Crippen LogP contribution is -2.19. The molecule has 0 spiro atoms. The third kappa shape index (κ3) is 3.14. The molecule has 0 saturated carbocycles. The van der Waals surface area contributed by atoms with E-state index < -0.39 is 0 Å². The van der Waals surface area contributed by atoms with Crippen LogP contribution in [0, 0.1) is 5.82 Å². The van der Waals surface area contributed by atoms with Gasteiger partial charge in [0.25, 0.3) is 0 Å². The summed E-state index contributed by atoms with van der Waals surface area (Å²) < 4.78 is 20.3. The van der Waals surface area contributed by atoms with Gasteiger partial charge in [0, 0.05) is 20.6 Å². The van der Waals surface area contributed by atoms with Crippen LogP contribution in [0.4, 0.5) is 4.39 Å². The minimum Gasteiger partial charge on any atom is -0.496 e. The predicted octanol–water partition coefficient (Wildman–Crippen LogP) is 4.56. The second-order valence-electron chi connectivity index (χ2n) is 4.27. The van der Waals surface area contributed by atoms with Crippen LogP contribution in [0.25, 0.3) is 0 Å². The van der Waals surface area contributed by atoms with Gasteiger partial charge in [0.1, 0.15) is 11.6 Å². The first-order valence-corrected chi connectivity index (χ1v) is 7.19. The summed E-state index contributed by atoms with van der Waals surface area (Å²) in [6.45, 7) is 0. The summed E-state index contributed by atoms with van der Waals surface area (Å²) in [6.07, 6.45) is 0. The first-order valence-electron chi connectivity index (χ1n) is 6.02. The minimum absolute atomic E-state index is 0.283. The highest BCUT2D eigenvalue weighted by molar-refractivity contribution is 9.10. The fraction of sp³-hybridized carbons (Fsp3) is 0.200. The molecular formula is C15H14BrClFNO. The summed E-state index contributed by atoms with van der Waals surface area (Å²) in [5.74, 6) is 0.378. The third-order valence-corrected chi connectivity index (χ3v) is 3.79. The van der Waals surface area contributed by atoms with E-state index in [0.29, 0.717) is 16.3 Å². The van der Waals surface area contributed by atoms with Gasteiger partial charge in [0.2, 0.25) is 0 Å². The van der Waals surface area contributed by atoms with Gasteiger partial charge in [-0.3, -0.25) is 0 Å². The van der Waals surface area contributed by atoms with Crippen molar-refractivity contribution in [1.29, 1.82) is 0 Å². The lowest BCUT2D eigenvalue weighted by molar-refractivity contribution is 0.404. The molecule has 1 atom stereocenters. The van der Waals surface area contributed by atoms with E-state index in [1.54, 1.807) is 44.5 Å². The molecule has 0 heterocycles. The molecule has 5 heteroatoms. The summed E-state index contributed by atoms with van der Waals surface area (Å²) in [7, 11) is 3.35. The SMILES string of the molecule is CNC(c1cc(Br)ccc1F)c1cc(Cl)ccc1OC. The molecule has 2 aromatic carbocycles. The van der Waals surface area contributed by atoms with Crippen LogP contribution in [0.1, 0.15) is 17.2 Å². The molecule has 1 N–H and O–H groups in total. The van der Waals surface area contributed by atoms with Crippen LogP contribution >= 0.6 is 27.5 Å². The highest BCUT2D eigenvalue weighted by atomic mass is 79.9. The van der Waals surface area contributed by atoms with Gasteiger partial charge in [0.15, 0.2) is 0 Å². The molecule has 0 aliphatic rings. The van der Waals surface area contributed by atoms with Crippen LogP contribution in [0.15, 0.2) is 40.9 Å². The molecule has 0 bridgehead atoms. The highest BCUT2D eigenvalue weighted by Gasteiger charge is 2.20. The predicted molar refractivity (Wildman–Crippen MR) is 83.0 cm³/mol. The molecule has 0 fully saturated rings. The minimum atomic E-state index is -0.346. The Balaban J connectivity index is 2.57. The maximum absolute atomic E-state index is 14.1. The van der Waals surface area contributed by atoms with Gasteiger partial charge in [-0.15, -0.1) is 0 Å². The maximum atomic E-state index is 14.1. The summed E-state index contributed by atoms with van der Waals surface area (Å²) in [6, 6.07) is 9.80. The summed E-state index contributed by atoms with van der Waals surface area (Å²) in [5, 5.41) is 3.69. The number of methoxy groups -OCH3 is 1. The Bertz CT molecular complexity index is 621. The van der Waals surface area contributed by atoms with Crippen LogP contribution in [0.2, 0.25) is 5.02 Å². The molecule has 0 radical (unpaired) electrons. The normalized spacial score (nSPS) is 12.2. The molecule has 106 valence electrons. The zero-order valence-corrected chi connectivity index (χ0v) is 13.4. The zero-order chi connectivity index (χ0) is 14.7. The third-order valence-electron chi connectivity index (χ3n) is 3.06. The molecule has 2 aromatic rings. The van der Waals surface area contributed by atoms with Gasteiger partial charge < -0.3 is 10.1 Å². The Morgan fingerprint density at radius 2 is 1.95 bits per heavy atom. The molecular weight excluding hydrogens is 345 g/mol. The molecule has 0 aromatic heterocycles. The number of hydrogen-bond donors (Lipinski definition) is 1. The van der Waals surface area contributed by atoms with Gasteiger partial charge in [-0.2, -0.15) is 0 Å². The standard InChI is InChI=1S/C15H14BrClFNO/c1-19-15(11-7-9(16)3-5-13(11)18)12-8-10(17)4-6-14(12)20-2/h3-8,15,19H,1-2H3. The van der Waals surface area contributed by atoms with Gasteiger partial charge in [0.05, 0.1) is 13.2 Å². The molecule has 2 nitrogen and oxygen atoms in total. The number of hydrogen-bond acceptors (Lipinski definition) is 2. The van der Waals surface area contributed by atoms with E-state index in [9.17, 15) is 4.39 Å². The highest BCUT2D eigenvalue weighted by Crippen LogP contribution is 2.34. The van der Waals surface area contributed by atoms with Crippen LogP contribution in [-0.2, 0) is 0 Å². The van der Waals surface area contributed by atoms with Gasteiger partial charge >= 0.3 is 0 Å². The van der Waals surface area contributed by atoms with Gasteiger partial charge in [-0.05, 0) is 43.4 Å². The number of nitrogens with one attached hydrogen (secondary N) is 1. The van der Waals surface area contributed by atoms with Crippen LogP contribution in [0.5, 0.6) is 5.75 Å². The Hall–Kier alpha value is -1.10. The van der Waals surface area contributed by atoms with Gasteiger partial charge in [-0.25, -0.2) is 4.39 Å². The summed E-state index contributed by atoms with van der Waals surface area (Å²) in [4.78, 5) is 0. The molecule has 0 aliphatic carbocycles. The van der Waals surface area contributed by atoms with Crippen molar-refractivity contribution in [1.82, 2.24) is 5.32 Å². The fourth-order valence-electron chi connectivity index (χ4n) is 2.15. The van der Waals surface area contributed by atoms with Crippen LogP contribution < -0.4 is 10.1 Å². The van der Waals surface area contributed by atoms with E-state index in [1.807, 2.05) is 0 Å². The zero-order valence-electron chi connectivity index (χ0n) is 11.1. The molecule has 0 amide bonds. The number of ether oxygens (including phenoxy) is 1. The molecule has 20 heavy (non-hydrogen) atoms. The summed E-state index contributed by atoms with van der Waals surface area (Å²) >= 11 is 9.41. The van der Waals surface area contributed by atoms with E-state index in [-0.39, 0.29) is 11.9 Å². The number of halogens is 3. The van der Waals surface area contributed by atoms with E-state index in [4.69, 9.17) is 16.3 Å². The Kier molecular flexibility index (Phi) is 5.02. The van der Waals surface area contributed by atoms with Gasteiger partial charge in [-0.1, -0.05) is 27.5 Å². The molecule has 2 rings (SSSR count). The summed E-state index contributed by atoms with van der Waals surface area (Å²) in [5.41, 5.74) is 1.32. The van der Waals surface area contributed by atoms with Crippen molar-refractivity contribution in [3.63, 3.8) is 0 Å². The van der Waals surface area contributed by atoms with Crippen molar-refractivity contribution < 1.29 is 9.13 Å². The van der Waals surface area contributed by atoms with E-state index in [1.165, 1.54) is 6.07 Å². The van der Waals surface area contributed by atoms with Crippen LogP contribution in [-0.4, -0.2) is 14.2 Å². The van der Waals surface area contributed by atoms with Crippen molar-refractivity contribution in [3.8, 4) is 5.75 Å². The van der Waals surface area contributed by atoms with Crippen LogP contribution in [0.3, 0.4) is 0 Å². The molecule has 0 aliphatic heterocycles. The van der Waals surface area contributed by atoms with E-state index in [2.05, 4.69) is 21.2 Å². The van der Waals surface area contributed by atoms with Crippen molar-refractivity contribution in [2.45, 2.75) is 6.04 Å². The second-order valence-corrected chi connectivity index (χ2v) is 5.63. The van der Waals surface area contributed by atoms with Crippen molar-refractivity contribution in [2.75, 3.05) is 14.2 Å². The largest absolute Gasteiger partial charge is 0.496 e. The lowest BCUT2D eigenvalue weighted by atomic mass is 9.97. The monoisotopic (exact) mass is 357 g/mol. The number of rotatable bonds is 4. The average molecular weight is 359 g/mol. The van der Waals surface area contributed by atoms with Crippen molar-refractivity contribution in [3.05, 3.63) is 62.8 Å². The van der Waals surface area contributed by atoms with E-state index in [0.717, 1.165) is 10.0 Å². The molecule has 1 unspecified atom stereocenters. The Labute approximate surface area is 131 Å². The van der Waals surface area contributed by atoms with Crippen molar-refractivity contribution >= 4 is 27.5 Å². The Morgan fingerprint density at radius 1 is 1.20 bits per heavy atom. The number of benzene rings is 2. The van der Waals surface area contributed by atoms with Crippen molar-refractivity contribution in [2.24, 2.45) is 0 Å². The topological polar surface area (TPSA) is 21.3 Å². The molecule has 0 saturated heterocycles. The fourth-order valence-corrected chi connectivity index (χ4v) is 2.70. The lowest BCUT2D eigenvalue weighted by Gasteiger charge is -2.21. The second kappa shape index (κ2) is 6.57. The van der Waals surface area contributed by atoms with E-state index >= 15 is 0 Å². The first-order chi connectivity index (χ1) is 9.56. The first kappa shape index (κ1) is 15.3. The average Bonchev–Trinajstić information content (AvgIpc) is 2.44. The smallest absolute Gasteiger partial charge is 0.128 e. The quantitative estimate of drug-likeness (QED) is 0.865. The maximum Gasteiger partial charge on any atom is 0.128 e. The Morgan fingerprint density at radius 3 is 2.60 bits per heavy atom.